The van der Waals surface area contributed by atoms with Crippen molar-refractivity contribution in [3.8, 4) is 11.8 Å². The number of benzene rings is 2. The lowest BCUT2D eigenvalue weighted by Crippen LogP contribution is -2.19. The fourth-order valence-corrected chi connectivity index (χ4v) is 2.80. The summed E-state index contributed by atoms with van der Waals surface area (Å²) >= 11 is 0. The van der Waals surface area contributed by atoms with Crippen molar-refractivity contribution in [3.05, 3.63) is 64.7 Å². The van der Waals surface area contributed by atoms with Gasteiger partial charge in [-0.3, -0.25) is 0 Å². The van der Waals surface area contributed by atoms with Gasteiger partial charge in [0.1, 0.15) is 0 Å². The van der Waals surface area contributed by atoms with Crippen LogP contribution >= 0.6 is 0 Å². The molecule has 2 aromatic rings. The molecule has 3 nitrogen and oxygen atoms in total. The highest BCUT2D eigenvalue weighted by Crippen LogP contribution is 2.16. The number of aryl methyl sites for hydroxylation is 2. The molecule has 0 atom stereocenters. The predicted molar refractivity (Wildman–Crippen MR) is 84.6 cm³/mol. The summed E-state index contributed by atoms with van der Waals surface area (Å²) in [5.74, 6) is 6.03. The molecule has 0 aliphatic carbocycles. The van der Waals surface area contributed by atoms with E-state index in [-0.39, 0.29) is 4.90 Å². The van der Waals surface area contributed by atoms with E-state index in [1.165, 1.54) is 7.05 Å². The molecule has 108 valence electrons. The van der Waals surface area contributed by atoms with Crippen molar-refractivity contribution in [1.82, 2.24) is 4.72 Å². The van der Waals surface area contributed by atoms with Crippen molar-refractivity contribution < 1.29 is 8.42 Å². The third-order valence-electron chi connectivity index (χ3n) is 3.17. The van der Waals surface area contributed by atoms with Crippen LogP contribution < -0.4 is 4.72 Å². The Kier molecular flexibility index (Phi) is 4.46. The first-order valence-electron chi connectivity index (χ1n) is 6.56. The van der Waals surface area contributed by atoms with Crippen molar-refractivity contribution in [2.24, 2.45) is 0 Å². The Bertz CT molecular complexity index is 827. The Morgan fingerprint density at radius 2 is 1.62 bits per heavy atom. The van der Waals surface area contributed by atoms with Crippen molar-refractivity contribution in [2.75, 3.05) is 7.05 Å². The van der Waals surface area contributed by atoms with E-state index in [4.69, 9.17) is 0 Å². The molecule has 21 heavy (non-hydrogen) atoms. The van der Waals surface area contributed by atoms with Crippen LogP contribution in [0.4, 0.5) is 0 Å². The monoisotopic (exact) mass is 299 g/mol. The maximum absolute atomic E-state index is 12.0. The van der Waals surface area contributed by atoms with Crippen LogP contribution in [0.25, 0.3) is 0 Å². The van der Waals surface area contributed by atoms with Gasteiger partial charge in [0, 0.05) is 11.1 Å². The predicted octanol–water partition coefficient (Wildman–Crippen LogP) is 2.61. The first kappa shape index (κ1) is 15.3. The molecule has 0 bridgehead atoms. The Hall–Kier alpha value is -2.09. The number of hydrogen-bond acceptors (Lipinski definition) is 2. The average molecular weight is 299 g/mol. The summed E-state index contributed by atoms with van der Waals surface area (Å²) in [4.78, 5) is 0.205. The SMILES string of the molecule is CNS(=O)(=O)c1ccc(C)cc1C#Cc1ccccc1C. The van der Waals surface area contributed by atoms with Crippen LogP contribution in [0.1, 0.15) is 22.3 Å². The van der Waals surface area contributed by atoms with Gasteiger partial charge in [-0.15, -0.1) is 0 Å². The lowest BCUT2D eigenvalue weighted by Gasteiger charge is -2.06. The highest BCUT2D eigenvalue weighted by molar-refractivity contribution is 7.89. The van der Waals surface area contributed by atoms with Gasteiger partial charge in [-0.2, -0.15) is 0 Å². The molecule has 1 N–H and O–H groups in total. The normalized spacial score (nSPS) is 10.8. The van der Waals surface area contributed by atoms with Gasteiger partial charge in [-0.05, 0) is 50.2 Å². The van der Waals surface area contributed by atoms with Crippen LogP contribution in [0.3, 0.4) is 0 Å². The molecule has 0 amide bonds. The molecule has 0 heterocycles. The second kappa shape index (κ2) is 6.13. The molecule has 2 aromatic carbocycles. The van der Waals surface area contributed by atoms with Crippen molar-refractivity contribution in [1.29, 1.82) is 0 Å². The lowest BCUT2D eigenvalue weighted by molar-refractivity contribution is 0.588. The molecule has 0 spiro atoms. The first-order valence-corrected chi connectivity index (χ1v) is 8.04. The molecule has 0 aromatic heterocycles. The summed E-state index contributed by atoms with van der Waals surface area (Å²) in [6, 6.07) is 12.9. The Balaban J connectivity index is 2.56. The Morgan fingerprint density at radius 1 is 0.952 bits per heavy atom. The third-order valence-corrected chi connectivity index (χ3v) is 4.64. The van der Waals surface area contributed by atoms with Crippen LogP contribution in [0.15, 0.2) is 47.4 Å². The first-order chi connectivity index (χ1) is 9.94. The van der Waals surface area contributed by atoms with E-state index in [9.17, 15) is 8.42 Å². The quantitative estimate of drug-likeness (QED) is 0.867. The van der Waals surface area contributed by atoms with Crippen LogP contribution in [0.2, 0.25) is 0 Å². The smallest absolute Gasteiger partial charge is 0.214 e. The van der Waals surface area contributed by atoms with Crippen molar-refractivity contribution >= 4 is 10.0 Å². The fourth-order valence-electron chi connectivity index (χ4n) is 1.93. The number of hydrogen-bond donors (Lipinski definition) is 1. The lowest BCUT2D eigenvalue weighted by atomic mass is 10.1. The van der Waals surface area contributed by atoms with E-state index in [2.05, 4.69) is 16.6 Å². The summed E-state index contributed by atoms with van der Waals surface area (Å²) in [5, 5.41) is 0. The summed E-state index contributed by atoms with van der Waals surface area (Å²) in [6.07, 6.45) is 0. The van der Waals surface area contributed by atoms with E-state index in [1.807, 2.05) is 38.1 Å². The van der Waals surface area contributed by atoms with E-state index in [0.717, 1.165) is 16.7 Å². The van der Waals surface area contributed by atoms with Gasteiger partial charge in [-0.25, -0.2) is 13.1 Å². The van der Waals surface area contributed by atoms with E-state index < -0.39 is 10.0 Å². The van der Waals surface area contributed by atoms with Gasteiger partial charge in [0.2, 0.25) is 10.0 Å². The molecule has 0 saturated heterocycles. The van der Waals surface area contributed by atoms with E-state index >= 15 is 0 Å². The van der Waals surface area contributed by atoms with Gasteiger partial charge in [0.15, 0.2) is 0 Å². The van der Waals surface area contributed by atoms with Crippen LogP contribution in [-0.2, 0) is 10.0 Å². The highest BCUT2D eigenvalue weighted by atomic mass is 32.2. The minimum absolute atomic E-state index is 0.205. The zero-order valence-electron chi connectivity index (χ0n) is 12.3. The van der Waals surface area contributed by atoms with Gasteiger partial charge >= 0.3 is 0 Å². The molecule has 4 heteroatoms. The number of nitrogens with one attached hydrogen (secondary N) is 1. The Labute approximate surface area is 126 Å². The average Bonchev–Trinajstić information content (AvgIpc) is 2.46. The molecular formula is C17H17NO2S. The molecule has 0 radical (unpaired) electrons. The van der Waals surface area contributed by atoms with E-state index in [1.54, 1.807) is 18.2 Å². The molecule has 0 unspecified atom stereocenters. The highest BCUT2D eigenvalue weighted by Gasteiger charge is 2.15. The maximum atomic E-state index is 12.0. The van der Waals surface area contributed by atoms with E-state index in [0.29, 0.717) is 5.56 Å². The van der Waals surface area contributed by atoms with Crippen molar-refractivity contribution in [2.45, 2.75) is 18.7 Å². The second-order valence-electron chi connectivity index (χ2n) is 4.77. The summed E-state index contributed by atoms with van der Waals surface area (Å²) in [7, 11) is -2.12. The van der Waals surface area contributed by atoms with Crippen LogP contribution in [0.5, 0.6) is 0 Å². The third kappa shape index (κ3) is 3.52. The summed E-state index contributed by atoms with van der Waals surface area (Å²) < 4.78 is 26.4. The molecule has 0 saturated carbocycles. The maximum Gasteiger partial charge on any atom is 0.241 e. The fraction of sp³-hybridized carbons (Fsp3) is 0.176. The minimum atomic E-state index is -3.51. The topological polar surface area (TPSA) is 46.2 Å². The van der Waals surface area contributed by atoms with Gasteiger partial charge in [0.25, 0.3) is 0 Å². The zero-order valence-corrected chi connectivity index (χ0v) is 13.1. The van der Waals surface area contributed by atoms with Crippen molar-refractivity contribution in [3.63, 3.8) is 0 Å². The molecule has 0 aliphatic rings. The molecule has 2 rings (SSSR count). The largest absolute Gasteiger partial charge is 0.241 e. The van der Waals surface area contributed by atoms with Gasteiger partial charge < -0.3 is 0 Å². The molecule has 0 fully saturated rings. The summed E-state index contributed by atoms with van der Waals surface area (Å²) in [6.45, 7) is 3.89. The number of sulfonamides is 1. The standard InChI is InChI=1S/C17H17NO2S/c1-13-8-11-17(21(19,20)18-3)16(12-13)10-9-15-7-5-4-6-14(15)2/h4-8,11-12,18H,1-3H3. The molecular weight excluding hydrogens is 282 g/mol. The van der Waals surface area contributed by atoms with Gasteiger partial charge in [-0.1, -0.05) is 36.1 Å². The number of rotatable bonds is 2. The van der Waals surface area contributed by atoms with Crippen LogP contribution in [0, 0.1) is 25.7 Å². The second-order valence-corrected chi connectivity index (χ2v) is 6.63. The zero-order chi connectivity index (χ0) is 15.5. The van der Waals surface area contributed by atoms with Crippen LogP contribution in [-0.4, -0.2) is 15.5 Å². The minimum Gasteiger partial charge on any atom is -0.214 e. The Morgan fingerprint density at radius 3 is 2.29 bits per heavy atom. The summed E-state index contributed by atoms with van der Waals surface area (Å²) in [5.41, 5.74) is 3.44. The van der Waals surface area contributed by atoms with Gasteiger partial charge in [0.05, 0.1) is 4.90 Å². The molecule has 0 aliphatic heterocycles.